The SMILES string of the molecule is CO[C@@H](CCCOP(=O)(O)O)[C@@H](C)C(=O)O. The lowest BCUT2D eigenvalue weighted by Gasteiger charge is -2.19. The second-order valence-corrected chi connectivity index (χ2v) is 4.61. The van der Waals surface area contributed by atoms with Crippen LogP contribution in [0.5, 0.6) is 0 Å². The van der Waals surface area contributed by atoms with E-state index in [1.807, 2.05) is 0 Å². The van der Waals surface area contributed by atoms with Gasteiger partial charge in [-0.3, -0.25) is 9.32 Å². The van der Waals surface area contributed by atoms with E-state index in [1.165, 1.54) is 14.0 Å². The summed E-state index contributed by atoms with van der Waals surface area (Å²) < 4.78 is 19.5. The number of carboxylic acid groups (broad SMARTS) is 1. The van der Waals surface area contributed by atoms with Crippen molar-refractivity contribution in [1.29, 1.82) is 0 Å². The van der Waals surface area contributed by atoms with Crippen molar-refractivity contribution in [1.82, 2.24) is 0 Å². The second kappa shape index (κ2) is 6.98. The number of rotatable bonds is 8. The predicted octanol–water partition coefficient (Wildman–Crippen LogP) is 0.612. The van der Waals surface area contributed by atoms with Gasteiger partial charge in [0.05, 0.1) is 18.6 Å². The Balaban J connectivity index is 3.89. The molecule has 0 aromatic rings. The largest absolute Gasteiger partial charge is 0.481 e. The summed E-state index contributed by atoms with van der Waals surface area (Å²) in [7, 11) is -3.04. The Kier molecular flexibility index (Phi) is 6.78. The van der Waals surface area contributed by atoms with E-state index in [4.69, 9.17) is 19.6 Å². The van der Waals surface area contributed by atoms with Crippen LogP contribution in [0.15, 0.2) is 0 Å². The highest BCUT2D eigenvalue weighted by atomic mass is 31.2. The predicted molar refractivity (Wildman–Crippen MR) is 54.8 cm³/mol. The number of hydrogen-bond donors (Lipinski definition) is 3. The number of carbonyl (C=O) groups is 1. The van der Waals surface area contributed by atoms with Gasteiger partial charge in [-0.1, -0.05) is 0 Å². The van der Waals surface area contributed by atoms with Crippen molar-refractivity contribution in [3.8, 4) is 0 Å². The van der Waals surface area contributed by atoms with Gasteiger partial charge in [0.1, 0.15) is 0 Å². The second-order valence-electron chi connectivity index (χ2n) is 3.37. The van der Waals surface area contributed by atoms with E-state index in [0.29, 0.717) is 12.8 Å². The van der Waals surface area contributed by atoms with Gasteiger partial charge >= 0.3 is 13.8 Å². The molecular weight excluding hydrogens is 239 g/mol. The number of phosphoric ester groups is 1. The first kappa shape index (κ1) is 15.5. The maximum atomic E-state index is 10.7. The molecule has 0 aromatic heterocycles. The molecule has 16 heavy (non-hydrogen) atoms. The number of hydrogen-bond acceptors (Lipinski definition) is 4. The third-order valence-corrected chi connectivity index (χ3v) is 2.66. The maximum absolute atomic E-state index is 10.7. The molecule has 96 valence electrons. The Labute approximate surface area is 93.6 Å². The van der Waals surface area contributed by atoms with Crippen molar-refractivity contribution in [2.24, 2.45) is 5.92 Å². The minimum Gasteiger partial charge on any atom is -0.481 e. The van der Waals surface area contributed by atoms with Crippen LogP contribution in [0.25, 0.3) is 0 Å². The maximum Gasteiger partial charge on any atom is 0.469 e. The molecule has 0 saturated heterocycles. The lowest BCUT2D eigenvalue weighted by Crippen LogP contribution is -2.27. The smallest absolute Gasteiger partial charge is 0.469 e. The zero-order chi connectivity index (χ0) is 12.8. The Morgan fingerprint density at radius 2 is 2.00 bits per heavy atom. The van der Waals surface area contributed by atoms with Crippen molar-refractivity contribution < 1.29 is 33.5 Å². The standard InChI is InChI=1S/C8H17O7P/c1-6(8(9)10)7(14-2)4-3-5-15-16(11,12)13/h6-7H,3-5H2,1-2H3,(H,9,10)(H2,11,12,13)/t6-,7+/m1/s1. The molecular formula is C8H17O7P. The highest BCUT2D eigenvalue weighted by molar-refractivity contribution is 7.46. The third kappa shape index (κ3) is 6.92. The molecule has 0 spiro atoms. The Morgan fingerprint density at radius 1 is 1.44 bits per heavy atom. The van der Waals surface area contributed by atoms with Crippen LogP contribution in [-0.2, 0) is 18.6 Å². The molecule has 0 heterocycles. The van der Waals surface area contributed by atoms with E-state index >= 15 is 0 Å². The molecule has 2 atom stereocenters. The van der Waals surface area contributed by atoms with E-state index < -0.39 is 25.8 Å². The summed E-state index contributed by atoms with van der Waals surface area (Å²) in [6, 6.07) is 0. The van der Waals surface area contributed by atoms with Gasteiger partial charge in [0, 0.05) is 7.11 Å². The average molecular weight is 256 g/mol. The highest BCUT2D eigenvalue weighted by Crippen LogP contribution is 2.35. The Hall–Kier alpha value is -0.460. The van der Waals surface area contributed by atoms with Crippen LogP contribution in [0.1, 0.15) is 19.8 Å². The van der Waals surface area contributed by atoms with Gasteiger partial charge in [0.2, 0.25) is 0 Å². The number of aliphatic carboxylic acids is 1. The molecule has 7 nitrogen and oxygen atoms in total. The number of phosphoric acid groups is 1. The summed E-state index contributed by atoms with van der Waals surface area (Å²) in [5.41, 5.74) is 0. The van der Waals surface area contributed by atoms with Gasteiger partial charge in [-0.15, -0.1) is 0 Å². The van der Waals surface area contributed by atoms with E-state index in [1.54, 1.807) is 0 Å². The summed E-state index contributed by atoms with van der Waals surface area (Å²) in [5.74, 6) is -1.64. The monoisotopic (exact) mass is 256 g/mol. The quantitative estimate of drug-likeness (QED) is 0.430. The van der Waals surface area contributed by atoms with Crippen molar-refractivity contribution in [2.45, 2.75) is 25.9 Å². The lowest BCUT2D eigenvalue weighted by atomic mass is 10.0. The van der Waals surface area contributed by atoms with E-state index in [2.05, 4.69) is 4.52 Å². The zero-order valence-corrected chi connectivity index (χ0v) is 10.1. The molecule has 0 aromatic carbocycles. The van der Waals surface area contributed by atoms with Crippen LogP contribution in [0.2, 0.25) is 0 Å². The lowest BCUT2D eigenvalue weighted by molar-refractivity contribution is -0.146. The molecule has 0 unspecified atom stereocenters. The molecule has 0 aliphatic heterocycles. The van der Waals surface area contributed by atoms with E-state index in [9.17, 15) is 9.36 Å². The molecule has 0 radical (unpaired) electrons. The van der Waals surface area contributed by atoms with Crippen LogP contribution >= 0.6 is 7.82 Å². The Morgan fingerprint density at radius 3 is 2.38 bits per heavy atom. The van der Waals surface area contributed by atoms with Gasteiger partial charge in [-0.2, -0.15) is 0 Å². The normalized spacial score (nSPS) is 15.8. The van der Waals surface area contributed by atoms with Gasteiger partial charge in [0.15, 0.2) is 0 Å². The fourth-order valence-electron chi connectivity index (χ4n) is 1.20. The molecule has 0 aliphatic carbocycles. The fourth-order valence-corrected chi connectivity index (χ4v) is 1.57. The number of methoxy groups -OCH3 is 1. The number of ether oxygens (including phenoxy) is 1. The molecule has 8 heteroatoms. The summed E-state index contributed by atoms with van der Waals surface area (Å²) in [4.78, 5) is 27.5. The molecule has 0 rings (SSSR count). The topological polar surface area (TPSA) is 113 Å². The van der Waals surface area contributed by atoms with E-state index in [-0.39, 0.29) is 6.61 Å². The van der Waals surface area contributed by atoms with Crippen LogP contribution in [0.4, 0.5) is 0 Å². The summed E-state index contributed by atoms with van der Waals surface area (Å²) >= 11 is 0. The first-order chi connectivity index (χ1) is 7.28. The number of carboxylic acids is 1. The fraction of sp³-hybridized carbons (Fsp3) is 0.875. The summed E-state index contributed by atoms with van der Waals surface area (Å²) in [5, 5.41) is 8.73. The Bertz CT molecular complexity index is 261. The van der Waals surface area contributed by atoms with Crippen molar-refractivity contribution in [3.63, 3.8) is 0 Å². The first-order valence-electron chi connectivity index (χ1n) is 4.73. The van der Waals surface area contributed by atoms with Crippen LogP contribution < -0.4 is 0 Å². The summed E-state index contributed by atoms with van der Waals surface area (Å²) in [6.45, 7) is 1.39. The highest BCUT2D eigenvalue weighted by Gasteiger charge is 2.23. The third-order valence-electron chi connectivity index (χ3n) is 2.14. The van der Waals surface area contributed by atoms with Gasteiger partial charge < -0.3 is 19.6 Å². The van der Waals surface area contributed by atoms with Gasteiger partial charge in [-0.25, -0.2) is 4.57 Å². The van der Waals surface area contributed by atoms with Crippen LogP contribution in [0, 0.1) is 5.92 Å². The molecule has 0 fully saturated rings. The molecule has 3 N–H and O–H groups in total. The van der Waals surface area contributed by atoms with Crippen LogP contribution in [-0.4, -0.2) is 40.7 Å². The molecule has 0 bridgehead atoms. The molecule has 0 amide bonds. The van der Waals surface area contributed by atoms with Crippen LogP contribution in [0.3, 0.4) is 0 Å². The molecule has 0 aliphatic rings. The van der Waals surface area contributed by atoms with E-state index in [0.717, 1.165) is 0 Å². The minimum absolute atomic E-state index is 0.128. The average Bonchev–Trinajstić information content (AvgIpc) is 2.15. The van der Waals surface area contributed by atoms with Gasteiger partial charge in [0.25, 0.3) is 0 Å². The minimum atomic E-state index is -4.43. The molecule has 0 saturated carbocycles. The summed E-state index contributed by atoms with van der Waals surface area (Å²) in [6.07, 6.45) is 0.198. The van der Waals surface area contributed by atoms with Crippen molar-refractivity contribution in [3.05, 3.63) is 0 Å². The van der Waals surface area contributed by atoms with Crippen molar-refractivity contribution >= 4 is 13.8 Å². The zero-order valence-electron chi connectivity index (χ0n) is 9.20. The first-order valence-corrected chi connectivity index (χ1v) is 6.26. The van der Waals surface area contributed by atoms with Crippen molar-refractivity contribution in [2.75, 3.05) is 13.7 Å². The van der Waals surface area contributed by atoms with Gasteiger partial charge in [-0.05, 0) is 19.8 Å².